The van der Waals surface area contributed by atoms with Gasteiger partial charge in [-0.05, 0) is 6.07 Å². The van der Waals surface area contributed by atoms with Crippen molar-refractivity contribution in [2.75, 3.05) is 18.2 Å². The quantitative estimate of drug-likeness (QED) is 0.790. The maximum atomic E-state index is 11.5. The van der Waals surface area contributed by atoms with Gasteiger partial charge in [-0.3, -0.25) is 4.79 Å². The average Bonchev–Trinajstić information content (AvgIpc) is 2.39. The number of hydrogen-bond donors (Lipinski definition) is 1. The minimum atomic E-state index is 0.00944. The Hall–Kier alpha value is -1.23. The van der Waals surface area contributed by atoms with E-state index in [0.29, 0.717) is 5.88 Å². The van der Waals surface area contributed by atoms with Crippen LogP contribution in [0.15, 0.2) is 17.2 Å². The minimum Gasteiger partial charge on any atom is -0.481 e. The molecule has 0 bridgehead atoms. The summed E-state index contributed by atoms with van der Waals surface area (Å²) in [6.45, 7) is 1.91. The molecule has 0 saturated heterocycles. The molecule has 1 aliphatic heterocycles. The Balaban J connectivity index is 2.34. The molecule has 0 saturated carbocycles. The summed E-state index contributed by atoms with van der Waals surface area (Å²) >= 11 is 1.58. The number of amides is 1. The third kappa shape index (κ3) is 2.07. The maximum Gasteiger partial charge on any atom is 0.228 e. The van der Waals surface area contributed by atoms with Crippen LogP contribution >= 0.6 is 11.8 Å². The lowest BCUT2D eigenvalue weighted by atomic mass is 10.2. The highest BCUT2D eigenvalue weighted by molar-refractivity contribution is 7.99. The zero-order chi connectivity index (χ0) is 10.8. The number of rotatable bonds is 1. The van der Waals surface area contributed by atoms with E-state index in [1.165, 1.54) is 0 Å². The Morgan fingerprint density at radius 2 is 2.40 bits per heavy atom. The summed E-state index contributed by atoms with van der Waals surface area (Å²) in [6.07, 6.45) is 0. The van der Waals surface area contributed by atoms with E-state index < -0.39 is 0 Å². The van der Waals surface area contributed by atoms with Gasteiger partial charge in [0.15, 0.2) is 0 Å². The van der Waals surface area contributed by atoms with Gasteiger partial charge in [0.2, 0.25) is 11.8 Å². The lowest BCUT2D eigenvalue weighted by Crippen LogP contribution is -2.20. The lowest BCUT2D eigenvalue weighted by Gasteiger charge is -2.06. The molecule has 0 fully saturated rings. The van der Waals surface area contributed by atoms with Gasteiger partial charge in [-0.2, -0.15) is 0 Å². The highest BCUT2D eigenvalue weighted by Crippen LogP contribution is 2.32. The summed E-state index contributed by atoms with van der Waals surface area (Å²) < 4.78 is 5.04. The molecule has 0 aromatic carbocycles. The van der Waals surface area contributed by atoms with Crippen LogP contribution < -0.4 is 10.1 Å². The van der Waals surface area contributed by atoms with Gasteiger partial charge in [-0.15, -0.1) is 11.8 Å². The Morgan fingerprint density at radius 3 is 3.13 bits per heavy atom. The molecule has 0 radical (unpaired) electrons. The molecule has 0 spiro atoms. The van der Waals surface area contributed by atoms with Gasteiger partial charge in [0.25, 0.3) is 0 Å². The molecule has 0 aliphatic carbocycles. The number of methoxy groups -OCH3 is 1. The van der Waals surface area contributed by atoms with Crippen LogP contribution in [-0.2, 0) is 4.79 Å². The second kappa shape index (κ2) is 4.10. The molecule has 2 heterocycles. The van der Waals surface area contributed by atoms with Crippen LogP contribution in [0.4, 0.5) is 5.69 Å². The molecule has 1 atom stereocenters. The summed E-state index contributed by atoms with van der Waals surface area (Å²) in [5.74, 6) is 1.38. The fourth-order valence-electron chi connectivity index (χ4n) is 1.28. The number of aromatic nitrogens is 1. The Kier molecular flexibility index (Phi) is 2.81. The number of carbonyl (C=O) groups is 1. The first-order valence-corrected chi connectivity index (χ1v) is 5.68. The standard InChI is InChI=1S/C10H12N2O2S/c1-6-5-15-10-7(11-9(6)13)3-4-8(12-10)14-2/h3-4,6H,5H2,1-2H3,(H,11,13). The second-order valence-corrected chi connectivity index (χ2v) is 4.42. The number of nitrogens with one attached hydrogen (secondary N) is 1. The van der Waals surface area contributed by atoms with Crippen LogP contribution in [0.2, 0.25) is 0 Å². The number of ether oxygens (including phenoxy) is 1. The Labute approximate surface area is 92.4 Å². The van der Waals surface area contributed by atoms with Crippen molar-refractivity contribution in [3.8, 4) is 5.88 Å². The minimum absolute atomic E-state index is 0.00944. The fourth-order valence-corrected chi connectivity index (χ4v) is 2.27. The SMILES string of the molecule is COc1ccc2c(n1)SCC(C)C(=O)N2. The lowest BCUT2D eigenvalue weighted by molar-refractivity contribution is -0.118. The summed E-state index contributed by atoms with van der Waals surface area (Å²) in [7, 11) is 1.58. The van der Waals surface area contributed by atoms with Crippen molar-refractivity contribution in [1.29, 1.82) is 0 Å². The molecule has 1 aromatic rings. The highest BCUT2D eigenvalue weighted by atomic mass is 32.2. The van der Waals surface area contributed by atoms with Crippen molar-refractivity contribution in [2.45, 2.75) is 11.9 Å². The average molecular weight is 224 g/mol. The number of thioether (sulfide) groups is 1. The third-order valence-electron chi connectivity index (χ3n) is 2.22. The molecule has 2 rings (SSSR count). The highest BCUT2D eigenvalue weighted by Gasteiger charge is 2.21. The van der Waals surface area contributed by atoms with Gasteiger partial charge in [-0.1, -0.05) is 6.92 Å². The predicted octanol–water partition coefficient (Wildman–Crippen LogP) is 1.77. The molecule has 15 heavy (non-hydrogen) atoms. The topological polar surface area (TPSA) is 51.2 Å². The molecule has 1 amide bonds. The number of hydrogen-bond acceptors (Lipinski definition) is 4. The maximum absolute atomic E-state index is 11.5. The van der Waals surface area contributed by atoms with E-state index in [9.17, 15) is 4.79 Å². The molecule has 4 nitrogen and oxygen atoms in total. The predicted molar refractivity (Wildman–Crippen MR) is 59.3 cm³/mol. The Bertz CT molecular complexity index is 395. The third-order valence-corrected chi connectivity index (χ3v) is 3.47. The number of carbonyl (C=O) groups excluding carboxylic acids is 1. The molecule has 5 heteroatoms. The van der Waals surface area contributed by atoms with Crippen molar-refractivity contribution >= 4 is 23.4 Å². The summed E-state index contributed by atoms with van der Waals surface area (Å²) in [6, 6.07) is 3.57. The van der Waals surface area contributed by atoms with Crippen LogP contribution in [-0.4, -0.2) is 23.8 Å². The van der Waals surface area contributed by atoms with E-state index in [4.69, 9.17) is 4.74 Å². The summed E-state index contributed by atoms with van der Waals surface area (Å²) in [4.78, 5) is 15.8. The number of fused-ring (bicyclic) bond motifs is 1. The first kappa shape index (κ1) is 10.3. The van der Waals surface area contributed by atoms with Gasteiger partial charge >= 0.3 is 0 Å². The second-order valence-electron chi connectivity index (χ2n) is 3.41. The van der Waals surface area contributed by atoms with E-state index in [1.807, 2.05) is 13.0 Å². The zero-order valence-electron chi connectivity index (χ0n) is 8.61. The first-order chi connectivity index (χ1) is 7.20. The van der Waals surface area contributed by atoms with Crippen molar-refractivity contribution in [1.82, 2.24) is 4.98 Å². The van der Waals surface area contributed by atoms with Crippen LogP contribution in [0.5, 0.6) is 5.88 Å². The van der Waals surface area contributed by atoms with Crippen molar-refractivity contribution in [3.05, 3.63) is 12.1 Å². The summed E-state index contributed by atoms with van der Waals surface area (Å²) in [5, 5.41) is 3.67. The zero-order valence-corrected chi connectivity index (χ0v) is 9.43. The van der Waals surface area contributed by atoms with Crippen LogP contribution in [0.3, 0.4) is 0 Å². The van der Waals surface area contributed by atoms with Crippen LogP contribution in [0.25, 0.3) is 0 Å². The monoisotopic (exact) mass is 224 g/mol. The molecule has 1 aromatic heterocycles. The molecule has 80 valence electrons. The number of anilines is 1. The molecular weight excluding hydrogens is 212 g/mol. The van der Waals surface area contributed by atoms with Crippen molar-refractivity contribution < 1.29 is 9.53 Å². The smallest absolute Gasteiger partial charge is 0.228 e. The van der Waals surface area contributed by atoms with E-state index in [0.717, 1.165) is 16.5 Å². The van der Waals surface area contributed by atoms with E-state index in [-0.39, 0.29) is 11.8 Å². The van der Waals surface area contributed by atoms with Gasteiger partial charge in [0.05, 0.1) is 12.8 Å². The van der Waals surface area contributed by atoms with E-state index in [2.05, 4.69) is 10.3 Å². The van der Waals surface area contributed by atoms with Crippen LogP contribution in [0, 0.1) is 5.92 Å². The molecule has 1 aliphatic rings. The van der Waals surface area contributed by atoms with Gasteiger partial charge in [0, 0.05) is 17.7 Å². The summed E-state index contributed by atoms with van der Waals surface area (Å²) in [5.41, 5.74) is 0.773. The van der Waals surface area contributed by atoms with E-state index in [1.54, 1.807) is 24.9 Å². The van der Waals surface area contributed by atoms with Gasteiger partial charge < -0.3 is 10.1 Å². The van der Waals surface area contributed by atoms with Crippen LogP contribution in [0.1, 0.15) is 6.92 Å². The van der Waals surface area contributed by atoms with Crippen molar-refractivity contribution in [3.63, 3.8) is 0 Å². The molecule has 1 N–H and O–H groups in total. The molecule has 1 unspecified atom stereocenters. The molecular formula is C10H12N2O2S. The Morgan fingerprint density at radius 1 is 1.60 bits per heavy atom. The fraction of sp³-hybridized carbons (Fsp3) is 0.400. The number of nitrogens with zero attached hydrogens (tertiary/aromatic N) is 1. The van der Waals surface area contributed by atoms with Gasteiger partial charge in [-0.25, -0.2) is 4.98 Å². The first-order valence-electron chi connectivity index (χ1n) is 4.69. The largest absolute Gasteiger partial charge is 0.481 e. The van der Waals surface area contributed by atoms with E-state index >= 15 is 0 Å². The number of pyridine rings is 1. The van der Waals surface area contributed by atoms with Crippen molar-refractivity contribution in [2.24, 2.45) is 5.92 Å². The van der Waals surface area contributed by atoms with Gasteiger partial charge in [0.1, 0.15) is 5.03 Å². The normalized spacial score (nSPS) is 20.1.